The Labute approximate surface area is 112 Å². The Morgan fingerprint density at radius 2 is 2.05 bits per heavy atom. The van der Waals surface area contributed by atoms with Gasteiger partial charge < -0.3 is 30.1 Å². The molecular formula is C12H23NO6. The van der Waals surface area contributed by atoms with Crippen LogP contribution in [0, 0.1) is 0 Å². The number of ether oxygens (including phenoxy) is 2. The van der Waals surface area contributed by atoms with Crippen LogP contribution >= 0.6 is 0 Å². The molecule has 1 fully saturated rings. The second kappa shape index (κ2) is 7.16. The Kier molecular flexibility index (Phi) is 6.15. The van der Waals surface area contributed by atoms with Gasteiger partial charge in [0.25, 0.3) is 0 Å². The van der Waals surface area contributed by atoms with Crippen LogP contribution in [0.5, 0.6) is 0 Å². The summed E-state index contributed by atoms with van der Waals surface area (Å²) in [5, 5.41) is 31.4. The van der Waals surface area contributed by atoms with Crippen LogP contribution in [0.25, 0.3) is 0 Å². The zero-order valence-corrected chi connectivity index (χ0v) is 11.4. The van der Waals surface area contributed by atoms with Crippen molar-refractivity contribution in [2.45, 2.75) is 63.9 Å². The highest BCUT2D eigenvalue weighted by Gasteiger charge is 2.45. The minimum Gasteiger partial charge on any atom is -0.394 e. The molecule has 0 saturated carbocycles. The van der Waals surface area contributed by atoms with Gasteiger partial charge in [-0.3, -0.25) is 4.79 Å². The minimum absolute atomic E-state index is 0.136. The first-order valence-corrected chi connectivity index (χ1v) is 6.45. The number of hydrogen-bond donors (Lipinski definition) is 4. The number of carbonyl (C=O) groups is 1. The second-order valence-corrected chi connectivity index (χ2v) is 4.79. The Morgan fingerprint density at radius 1 is 1.42 bits per heavy atom. The topological polar surface area (TPSA) is 108 Å². The summed E-state index contributed by atoms with van der Waals surface area (Å²) in [4.78, 5) is 11.2. The molecule has 1 aliphatic heterocycles. The lowest BCUT2D eigenvalue weighted by molar-refractivity contribution is -0.280. The summed E-state index contributed by atoms with van der Waals surface area (Å²) in [5.41, 5.74) is 0. The van der Waals surface area contributed by atoms with Crippen LogP contribution in [0.15, 0.2) is 0 Å². The maximum absolute atomic E-state index is 11.2. The fourth-order valence-corrected chi connectivity index (χ4v) is 1.91. The molecule has 1 aliphatic rings. The molecule has 19 heavy (non-hydrogen) atoms. The zero-order valence-electron chi connectivity index (χ0n) is 11.4. The van der Waals surface area contributed by atoms with Gasteiger partial charge in [0.15, 0.2) is 6.29 Å². The van der Waals surface area contributed by atoms with Crippen molar-refractivity contribution in [2.24, 2.45) is 0 Å². The first-order chi connectivity index (χ1) is 8.90. The van der Waals surface area contributed by atoms with Crippen LogP contribution in [-0.4, -0.2) is 64.6 Å². The quantitative estimate of drug-likeness (QED) is 0.500. The van der Waals surface area contributed by atoms with Gasteiger partial charge in [-0.2, -0.15) is 0 Å². The number of amides is 1. The van der Waals surface area contributed by atoms with E-state index < -0.39 is 37.3 Å². The largest absolute Gasteiger partial charge is 0.394 e. The summed E-state index contributed by atoms with van der Waals surface area (Å²) in [6, 6.07) is -0.871. The Balaban J connectivity index is 2.83. The summed E-state index contributed by atoms with van der Waals surface area (Å²) in [6.45, 7) is 4.62. The first kappa shape index (κ1) is 16.3. The highest BCUT2D eigenvalue weighted by atomic mass is 16.7. The highest BCUT2D eigenvalue weighted by Crippen LogP contribution is 2.23. The maximum atomic E-state index is 11.2. The third-order valence-corrected chi connectivity index (χ3v) is 3.19. The normalized spacial score (nSPS) is 36.8. The van der Waals surface area contributed by atoms with Gasteiger partial charge in [-0.25, -0.2) is 0 Å². The molecule has 0 aliphatic carbocycles. The van der Waals surface area contributed by atoms with Gasteiger partial charge in [0.2, 0.25) is 5.91 Å². The molecular weight excluding hydrogens is 254 g/mol. The zero-order chi connectivity index (χ0) is 14.6. The van der Waals surface area contributed by atoms with Crippen molar-refractivity contribution in [3.8, 4) is 0 Å². The lowest BCUT2D eigenvalue weighted by atomic mass is 9.97. The molecule has 0 spiro atoms. The Morgan fingerprint density at radius 3 is 2.53 bits per heavy atom. The highest BCUT2D eigenvalue weighted by molar-refractivity contribution is 5.73. The molecule has 7 nitrogen and oxygen atoms in total. The van der Waals surface area contributed by atoms with E-state index in [1.54, 1.807) is 0 Å². The molecule has 0 radical (unpaired) electrons. The number of aliphatic hydroxyl groups is 3. The fourth-order valence-electron chi connectivity index (χ4n) is 1.91. The van der Waals surface area contributed by atoms with E-state index >= 15 is 0 Å². The van der Waals surface area contributed by atoms with E-state index in [9.17, 15) is 15.0 Å². The van der Waals surface area contributed by atoms with Crippen molar-refractivity contribution >= 4 is 5.91 Å². The molecule has 6 atom stereocenters. The number of aliphatic hydroxyl groups excluding tert-OH is 3. The van der Waals surface area contributed by atoms with E-state index in [-0.39, 0.29) is 12.0 Å². The number of nitrogens with one attached hydrogen (secondary N) is 1. The molecule has 1 heterocycles. The summed E-state index contributed by atoms with van der Waals surface area (Å²) >= 11 is 0. The van der Waals surface area contributed by atoms with Crippen LogP contribution < -0.4 is 5.32 Å². The molecule has 0 bridgehead atoms. The standard InChI is InChI=1S/C12H23NO6/c1-4-6(2)18-12-9(13-7(3)15)11(17)10(16)8(5-14)19-12/h6,8-12,14,16-17H,4-5H2,1-3H3,(H,13,15)/t6-,8+,9-,10-,11-,12+/m0/s1. The van der Waals surface area contributed by atoms with Gasteiger partial charge in [0, 0.05) is 6.92 Å². The van der Waals surface area contributed by atoms with Crippen molar-refractivity contribution < 1.29 is 29.6 Å². The van der Waals surface area contributed by atoms with Crippen molar-refractivity contribution in [3.05, 3.63) is 0 Å². The lowest BCUT2D eigenvalue weighted by Crippen LogP contribution is -2.64. The maximum Gasteiger partial charge on any atom is 0.217 e. The van der Waals surface area contributed by atoms with Crippen LogP contribution in [0.1, 0.15) is 27.2 Å². The fraction of sp³-hybridized carbons (Fsp3) is 0.917. The third kappa shape index (κ3) is 4.12. The van der Waals surface area contributed by atoms with E-state index in [0.29, 0.717) is 0 Å². The SMILES string of the molecule is CC[C@H](C)O[C@@H]1O[C@H](CO)[C@H](O)[C@@H](O)[C@@H]1NC(C)=O. The number of hydrogen-bond acceptors (Lipinski definition) is 6. The van der Waals surface area contributed by atoms with E-state index in [1.807, 2.05) is 13.8 Å². The van der Waals surface area contributed by atoms with Crippen molar-refractivity contribution in [3.63, 3.8) is 0 Å². The molecule has 1 saturated heterocycles. The molecule has 112 valence electrons. The van der Waals surface area contributed by atoms with E-state index in [0.717, 1.165) is 6.42 Å². The summed E-state index contributed by atoms with van der Waals surface area (Å²) in [6.07, 6.45) is -3.79. The first-order valence-electron chi connectivity index (χ1n) is 6.45. The molecule has 7 heteroatoms. The van der Waals surface area contributed by atoms with E-state index in [1.165, 1.54) is 6.92 Å². The molecule has 0 aromatic heterocycles. The van der Waals surface area contributed by atoms with Gasteiger partial charge >= 0.3 is 0 Å². The minimum atomic E-state index is -1.28. The molecule has 1 amide bonds. The molecule has 1 rings (SSSR count). The van der Waals surface area contributed by atoms with Crippen LogP contribution in [0.3, 0.4) is 0 Å². The number of rotatable bonds is 5. The average Bonchev–Trinajstić information content (AvgIpc) is 2.37. The van der Waals surface area contributed by atoms with Crippen LogP contribution in [-0.2, 0) is 14.3 Å². The van der Waals surface area contributed by atoms with Gasteiger partial charge in [0.1, 0.15) is 24.4 Å². The average molecular weight is 277 g/mol. The molecule has 0 aromatic carbocycles. The van der Waals surface area contributed by atoms with Gasteiger partial charge in [-0.15, -0.1) is 0 Å². The molecule has 0 unspecified atom stereocenters. The summed E-state index contributed by atoms with van der Waals surface area (Å²) in [7, 11) is 0. The van der Waals surface area contributed by atoms with Crippen LogP contribution in [0.4, 0.5) is 0 Å². The van der Waals surface area contributed by atoms with E-state index in [2.05, 4.69) is 5.32 Å². The molecule has 0 aromatic rings. The Hall–Kier alpha value is -0.730. The van der Waals surface area contributed by atoms with Crippen molar-refractivity contribution in [1.29, 1.82) is 0 Å². The monoisotopic (exact) mass is 277 g/mol. The summed E-state index contributed by atoms with van der Waals surface area (Å²) in [5.74, 6) is -0.361. The second-order valence-electron chi connectivity index (χ2n) is 4.79. The van der Waals surface area contributed by atoms with Crippen LogP contribution in [0.2, 0.25) is 0 Å². The third-order valence-electron chi connectivity index (χ3n) is 3.19. The predicted octanol–water partition coefficient (Wildman–Crippen LogP) is -1.25. The predicted molar refractivity (Wildman–Crippen MR) is 66.2 cm³/mol. The smallest absolute Gasteiger partial charge is 0.217 e. The number of carbonyl (C=O) groups excluding carboxylic acids is 1. The van der Waals surface area contributed by atoms with E-state index in [4.69, 9.17) is 14.6 Å². The molecule has 4 N–H and O–H groups in total. The van der Waals surface area contributed by atoms with Crippen molar-refractivity contribution in [2.75, 3.05) is 6.61 Å². The summed E-state index contributed by atoms with van der Waals surface area (Å²) < 4.78 is 11.0. The van der Waals surface area contributed by atoms with Gasteiger partial charge in [-0.05, 0) is 13.3 Å². The van der Waals surface area contributed by atoms with Crippen molar-refractivity contribution in [1.82, 2.24) is 5.32 Å². The van der Waals surface area contributed by atoms with Gasteiger partial charge in [-0.1, -0.05) is 6.92 Å². The van der Waals surface area contributed by atoms with Gasteiger partial charge in [0.05, 0.1) is 12.7 Å². The lowest BCUT2D eigenvalue weighted by Gasteiger charge is -2.42. The Bertz CT molecular complexity index is 300.